The topological polar surface area (TPSA) is 81.1 Å². The van der Waals surface area contributed by atoms with E-state index < -0.39 is 17.7 Å². The van der Waals surface area contributed by atoms with Crippen LogP contribution < -0.4 is 15.4 Å². The Morgan fingerprint density at radius 2 is 1.53 bits per heavy atom. The second-order valence-corrected chi connectivity index (χ2v) is 6.17. The molecule has 0 saturated carbocycles. The Hall–Kier alpha value is -4.27. The highest BCUT2D eigenvalue weighted by atomic mass is 19.1. The minimum absolute atomic E-state index is 0.00668. The lowest BCUT2D eigenvalue weighted by Crippen LogP contribution is -2.19. The average molecular weight is 407 g/mol. The summed E-state index contributed by atoms with van der Waals surface area (Å²) in [7, 11) is 0. The molecule has 0 fully saturated rings. The number of halogens is 2. The van der Waals surface area contributed by atoms with Gasteiger partial charge >= 0.3 is 6.03 Å². The van der Waals surface area contributed by atoms with E-state index in [4.69, 9.17) is 4.74 Å². The highest BCUT2D eigenvalue weighted by molar-refractivity contribution is 5.99. The Balaban J connectivity index is 1.38. The van der Waals surface area contributed by atoms with Gasteiger partial charge in [-0.25, -0.2) is 23.5 Å². The van der Waals surface area contributed by atoms with Crippen molar-refractivity contribution >= 4 is 17.4 Å². The van der Waals surface area contributed by atoms with E-state index >= 15 is 0 Å². The lowest BCUT2D eigenvalue weighted by Gasteiger charge is -2.10. The van der Waals surface area contributed by atoms with E-state index in [0.717, 1.165) is 18.2 Å². The molecular formula is C21H15F2N5O2. The van der Waals surface area contributed by atoms with Gasteiger partial charge in [-0.3, -0.25) is 0 Å². The maximum atomic E-state index is 13.2. The van der Waals surface area contributed by atoms with Crippen LogP contribution in [0.2, 0.25) is 0 Å². The summed E-state index contributed by atoms with van der Waals surface area (Å²) >= 11 is 0. The van der Waals surface area contributed by atoms with Gasteiger partial charge < -0.3 is 19.9 Å². The summed E-state index contributed by atoms with van der Waals surface area (Å²) in [6, 6.07) is 14.1. The molecule has 2 amide bonds. The molecule has 2 aromatic carbocycles. The Kier molecular flexibility index (Phi) is 5.33. The minimum Gasteiger partial charge on any atom is -0.439 e. The van der Waals surface area contributed by atoms with Gasteiger partial charge in [-0.1, -0.05) is 0 Å². The second kappa shape index (κ2) is 8.39. The summed E-state index contributed by atoms with van der Waals surface area (Å²) in [6.45, 7) is 0. The summed E-state index contributed by atoms with van der Waals surface area (Å²) < 4.78 is 33.9. The van der Waals surface area contributed by atoms with E-state index in [1.807, 2.05) is 29.1 Å². The molecule has 4 aromatic rings. The largest absolute Gasteiger partial charge is 0.439 e. The van der Waals surface area contributed by atoms with Crippen LogP contribution >= 0.6 is 0 Å². The number of rotatable bonds is 5. The van der Waals surface area contributed by atoms with E-state index in [2.05, 4.69) is 20.6 Å². The van der Waals surface area contributed by atoms with Crippen LogP contribution in [0.5, 0.6) is 11.6 Å². The van der Waals surface area contributed by atoms with E-state index in [0.29, 0.717) is 23.1 Å². The van der Waals surface area contributed by atoms with Gasteiger partial charge in [0, 0.05) is 35.9 Å². The number of urea groups is 1. The summed E-state index contributed by atoms with van der Waals surface area (Å²) in [4.78, 5) is 20.3. The van der Waals surface area contributed by atoms with E-state index in [-0.39, 0.29) is 5.69 Å². The molecule has 0 aliphatic carbocycles. The highest BCUT2D eigenvalue weighted by Gasteiger charge is 2.07. The zero-order valence-corrected chi connectivity index (χ0v) is 15.4. The number of benzene rings is 2. The fourth-order valence-corrected chi connectivity index (χ4v) is 2.66. The number of hydrogen-bond donors (Lipinski definition) is 2. The molecule has 0 aliphatic rings. The number of anilines is 2. The molecule has 2 heterocycles. The van der Waals surface area contributed by atoms with Crippen molar-refractivity contribution in [1.82, 2.24) is 14.5 Å². The van der Waals surface area contributed by atoms with Gasteiger partial charge in [0.25, 0.3) is 0 Å². The number of nitrogens with one attached hydrogen (secondary N) is 2. The second-order valence-electron chi connectivity index (χ2n) is 6.17. The predicted molar refractivity (Wildman–Crippen MR) is 107 cm³/mol. The van der Waals surface area contributed by atoms with E-state index in [1.165, 1.54) is 6.33 Å². The van der Waals surface area contributed by atoms with E-state index in [9.17, 15) is 13.6 Å². The van der Waals surface area contributed by atoms with E-state index in [1.54, 1.807) is 30.3 Å². The highest BCUT2D eigenvalue weighted by Crippen LogP contribution is 2.22. The van der Waals surface area contributed by atoms with Crippen molar-refractivity contribution in [3.05, 3.63) is 91.0 Å². The SMILES string of the molecule is O=C(Nc1ccc(Oc2cc(-n3cccc3)ncn2)cc1)Nc1cc(F)cc(F)c1. The van der Waals surface area contributed by atoms with Gasteiger partial charge in [0.1, 0.15) is 29.5 Å². The lowest BCUT2D eigenvalue weighted by molar-refractivity contribution is 0.262. The first kappa shape index (κ1) is 19.1. The molecule has 0 spiro atoms. The summed E-state index contributed by atoms with van der Waals surface area (Å²) in [5.41, 5.74) is 0.472. The first-order chi connectivity index (χ1) is 14.5. The summed E-state index contributed by atoms with van der Waals surface area (Å²) in [6.07, 6.45) is 5.12. The number of nitrogens with zero attached hydrogens (tertiary/aromatic N) is 3. The van der Waals surface area contributed by atoms with Crippen LogP contribution in [0.4, 0.5) is 25.0 Å². The zero-order valence-electron chi connectivity index (χ0n) is 15.4. The smallest absolute Gasteiger partial charge is 0.323 e. The normalized spacial score (nSPS) is 10.5. The first-order valence-corrected chi connectivity index (χ1v) is 8.82. The Morgan fingerprint density at radius 3 is 2.23 bits per heavy atom. The first-order valence-electron chi connectivity index (χ1n) is 8.82. The summed E-state index contributed by atoms with van der Waals surface area (Å²) in [5, 5.41) is 4.93. The molecule has 0 radical (unpaired) electrons. The standard InChI is InChI=1S/C21H15F2N5O2/c22-14-9-15(23)11-17(10-14)27-21(29)26-16-3-5-18(6-4-16)30-20-12-19(24-13-25-20)28-7-1-2-8-28/h1-13H,(H2,26,27,29). The third-order valence-electron chi connectivity index (χ3n) is 3.95. The van der Waals surface area contributed by atoms with Gasteiger partial charge in [-0.2, -0.15) is 0 Å². The molecule has 9 heteroatoms. The molecule has 2 aromatic heterocycles. The van der Waals surface area contributed by atoms with Gasteiger partial charge in [0.15, 0.2) is 0 Å². The zero-order chi connectivity index (χ0) is 20.9. The van der Waals surface area contributed by atoms with Crippen LogP contribution in [0.3, 0.4) is 0 Å². The van der Waals surface area contributed by atoms with Crippen LogP contribution in [0.15, 0.2) is 79.4 Å². The average Bonchev–Trinajstić information content (AvgIpc) is 3.24. The van der Waals surface area contributed by atoms with Gasteiger partial charge in [0.2, 0.25) is 5.88 Å². The molecule has 150 valence electrons. The molecule has 7 nitrogen and oxygen atoms in total. The van der Waals surface area contributed by atoms with Crippen molar-refractivity contribution < 1.29 is 18.3 Å². The van der Waals surface area contributed by atoms with Crippen molar-refractivity contribution in [3.8, 4) is 17.4 Å². The maximum absolute atomic E-state index is 13.2. The third-order valence-corrected chi connectivity index (χ3v) is 3.95. The van der Waals surface area contributed by atoms with Crippen molar-refractivity contribution in [2.24, 2.45) is 0 Å². The molecule has 0 bridgehead atoms. The monoisotopic (exact) mass is 407 g/mol. The quantitative estimate of drug-likeness (QED) is 0.489. The van der Waals surface area contributed by atoms with Crippen LogP contribution in [0.25, 0.3) is 5.82 Å². The van der Waals surface area contributed by atoms with Crippen molar-refractivity contribution in [2.75, 3.05) is 10.6 Å². The number of aromatic nitrogens is 3. The number of amides is 2. The molecule has 0 atom stereocenters. The fourth-order valence-electron chi connectivity index (χ4n) is 2.66. The molecule has 0 saturated heterocycles. The van der Waals surface area contributed by atoms with Gasteiger partial charge in [-0.05, 0) is 48.5 Å². The lowest BCUT2D eigenvalue weighted by atomic mass is 10.3. The van der Waals surface area contributed by atoms with Crippen LogP contribution in [-0.4, -0.2) is 20.6 Å². The van der Waals surface area contributed by atoms with Crippen molar-refractivity contribution in [3.63, 3.8) is 0 Å². The number of carbonyl (C=O) groups excluding carboxylic acids is 1. The predicted octanol–water partition coefficient (Wildman–Crippen LogP) is 4.98. The minimum atomic E-state index is -0.781. The molecular weight excluding hydrogens is 392 g/mol. The molecule has 0 unspecified atom stereocenters. The number of ether oxygens (including phenoxy) is 1. The van der Waals surface area contributed by atoms with Crippen molar-refractivity contribution in [1.29, 1.82) is 0 Å². The Morgan fingerprint density at radius 1 is 0.867 bits per heavy atom. The fraction of sp³-hybridized carbons (Fsp3) is 0. The molecule has 2 N–H and O–H groups in total. The number of hydrogen-bond acceptors (Lipinski definition) is 4. The maximum Gasteiger partial charge on any atom is 0.323 e. The Bertz CT molecular complexity index is 1140. The van der Waals surface area contributed by atoms with Gasteiger partial charge in [0.05, 0.1) is 0 Å². The molecule has 0 aliphatic heterocycles. The third kappa shape index (κ3) is 4.76. The summed E-state index contributed by atoms with van der Waals surface area (Å²) in [5.74, 6) is -0.0349. The number of carbonyl (C=O) groups is 1. The molecule has 4 rings (SSSR count). The molecule has 30 heavy (non-hydrogen) atoms. The van der Waals surface area contributed by atoms with Crippen molar-refractivity contribution in [2.45, 2.75) is 0 Å². The van der Waals surface area contributed by atoms with Gasteiger partial charge in [-0.15, -0.1) is 0 Å². The Labute approximate surface area is 170 Å². The van der Waals surface area contributed by atoms with Crippen LogP contribution in [-0.2, 0) is 0 Å². The van der Waals surface area contributed by atoms with Crippen LogP contribution in [0, 0.1) is 11.6 Å². The van der Waals surface area contributed by atoms with Crippen LogP contribution in [0.1, 0.15) is 0 Å².